The predicted molar refractivity (Wildman–Crippen MR) is 317 cm³/mol. The van der Waals surface area contributed by atoms with Gasteiger partial charge in [0, 0.05) is 44.9 Å². The number of hydrogen-bond acceptors (Lipinski definition) is 3. The molecule has 8 aromatic carbocycles. The Morgan fingerprint density at radius 1 is 0.421 bits per heavy atom. The van der Waals surface area contributed by atoms with Gasteiger partial charge in [-0.1, -0.05) is 162 Å². The van der Waals surface area contributed by atoms with E-state index in [4.69, 9.17) is 9.97 Å². The van der Waals surface area contributed by atoms with Crippen molar-refractivity contribution in [3.05, 3.63) is 210 Å². The number of aromatic nitrogens is 4. The van der Waals surface area contributed by atoms with Gasteiger partial charge in [-0.2, -0.15) is 0 Å². The lowest BCUT2D eigenvalue weighted by molar-refractivity contribution is 0.474. The second-order valence-corrected chi connectivity index (χ2v) is 24.8. The van der Waals surface area contributed by atoms with Gasteiger partial charge in [-0.15, -0.1) is 0 Å². The van der Waals surface area contributed by atoms with Crippen molar-refractivity contribution in [1.29, 1.82) is 0 Å². The van der Waals surface area contributed by atoms with E-state index >= 15 is 4.39 Å². The van der Waals surface area contributed by atoms with Gasteiger partial charge in [0.25, 0.3) is 0 Å². The highest BCUT2D eigenvalue weighted by Gasteiger charge is 2.28. The Hall–Kier alpha value is -8.09. The molecule has 0 radical (unpaired) electrons. The summed E-state index contributed by atoms with van der Waals surface area (Å²) in [5.41, 5.74) is 18.5. The number of benzene rings is 8. The van der Waals surface area contributed by atoms with E-state index in [1.807, 2.05) is 24.4 Å². The standard InChI is InChI=1S/C70H67FN4O/c1-67(2,3)47-26-29-60(54(38-47)43-20-15-13-16-21-43)75-62-25-19-24-53(64(62)73-66(75)58-42-51(71)28-31-63(58)76)45-34-46(36-49(35-45)69(7,8)9)59-37-44(32-33-72-59)55-40-50(70(10,11)12)41-57-56-39-48(68(4,5)6)27-30-61(56)74(65(55)57)52-22-17-14-18-23-52/h13-42,76H,1-12H3. The van der Waals surface area contributed by atoms with E-state index in [0.29, 0.717) is 11.4 Å². The van der Waals surface area contributed by atoms with Gasteiger partial charge < -0.3 is 9.67 Å². The van der Waals surface area contributed by atoms with Gasteiger partial charge in [-0.25, -0.2) is 9.37 Å². The SMILES string of the molecule is CC(C)(C)c1cc(-c2cc(-c3cc(C(C)(C)C)cc4c5cc(C(C)(C)C)ccc5n(-c5ccccc5)c34)ccn2)cc(-c2cccc3c2nc(-c2cc(F)ccc2O)n3-c2ccc(C(C)(C)C)cc2-c2ccccc2)c1. The number of halogens is 1. The Balaban J connectivity index is 1.15. The first-order chi connectivity index (χ1) is 36.0. The van der Waals surface area contributed by atoms with E-state index in [9.17, 15) is 5.11 Å². The number of para-hydroxylation sites is 2. The van der Waals surface area contributed by atoms with Crippen LogP contribution in [0.5, 0.6) is 5.75 Å². The summed E-state index contributed by atoms with van der Waals surface area (Å²) in [5, 5.41) is 14.0. The number of phenols is 1. The van der Waals surface area contributed by atoms with Gasteiger partial charge in [-0.05, 0) is 158 Å². The average molecular weight is 999 g/mol. The minimum absolute atomic E-state index is 0.0251. The van der Waals surface area contributed by atoms with Gasteiger partial charge in [-0.3, -0.25) is 9.55 Å². The topological polar surface area (TPSA) is 55.9 Å². The molecule has 5 nitrogen and oxygen atoms in total. The molecule has 11 aromatic rings. The summed E-state index contributed by atoms with van der Waals surface area (Å²) in [5.74, 6) is -0.0791. The third kappa shape index (κ3) is 9.08. The molecule has 76 heavy (non-hydrogen) atoms. The smallest absolute Gasteiger partial charge is 0.149 e. The maximum Gasteiger partial charge on any atom is 0.149 e. The lowest BCUT2D eigenvalue weighted by Gasteiger charge is -2.23. The van der Waals surface area contributed by atoms with Crippen molar-refractivity contribution in [2.45, 2.75) is 105 Å². The Kier molecular flexibility index (Phi) is 12.1. The van der Waals surface area contributed by atoms with Crippen molar-refractivity contribution in [3.63, 3.8) is 0 Å². The minimum Gasteiger partial charge on any atom is -0.507 e. The number of nitrogens with zero attached hydrogens (tertiary/aromatic N) is 4. The number of pyridine rings is 1. The van der Waals surface area contributed by atoms with Gasteiger partial charge in [0.05, 0.1) is 39.0 Å². The van der Waals surface area contributed by atoms with Gasteiger partial charge >= 0.3 is 0 Å². The highest BCUT2D eigenvalue weighted by Crippen LogP contribution is 2.46. The molecule has 3 heterocycles. The van der Waals surface area contributed by atoms with Crippen LogP contribution in [0.2, 0.25) is 0 Å². The number of fused-ring (bicyclic) bond motifs is 4. The zero-order chi connectivity index (χ0) is 53.6. The molecule has 6 heteroatoms. The van der Waals surface area contributed by atoms with E-state index in [1.54, 1.807) is 0 Å². The van der Waals surface area contributed by atoms with E-state index in [0.717, 1.165) is 78.1 Å². The predicted octanol–water partition coefficient (Wildman–Crippen LogP) is 18.9. The molecule has 3 aromatic heterocycles. The maximum absolute atomic E-state index is 15.4. The lowest BCUT2D eigenvalue weighted by Crippen LogP contribution is -2.12. The molecule has 0 saturated heterocycles. The van der Waals surface area contributed by atoms with Crippen LogP contribution in [0.4, 0.5) is 4.39 Å². The van der Waals surface area contributed by atoms with E-state index in [2.05, 4.69) is 232 Å². The quantitative estimate of drug-likeness (QED) is 0.173. The van der Waals surface area contributed by atoms with Crippen molar-refractivity contribution < 1.29 is 9.50 Å². The highest BCUT2D eigenvalue weighted by molar-refractivity contribution is 6.14. The normalized spacial score (nSPS) is 12.6. The molecule has 0 unspecified atom stereocenters. The second-order valence-electron chi connectivity index (χ2n) is 24.8. The van der Waals surface area contributed by atoms with Crippen LogP contribution in [0.3, 0.4) is 0 Å². The van der Waals surface area contributed by atoms with Crippen LogP contribution in [0.1, 0.15) is 105 Å². The molecule has 0 aliphatic carbocycles. The third-order valence-corrected chi connectivity index (χ3v) is 15.2. The van der Waals surface area contributed by atoms with Gasteiger partial charge in [0.15, 0.2) is 0 Å². The molecule has 1 N–H and O–H groups in total. The van der Waals surface area contributed by atoms with Crippen LogP contribution in [0.25, 0.3) is 100 Å². The highest BCUT2D eigenvalue weighted by atomic mass is 19.1. The fourth-order valence-corrected chi connectivity index (χ4v) is 10.7. The molecule has 0 spiro atoms. The molecule has 0 saturated carbocycles. The average Bonchev–Trinajstić information content (AvgIpc) is 3.95. The number of imidazole rings is 1. The first-order valence-electron chi connectivity index (χ1n) is 26.5. The van der Waals surface area contributed by atoms with Crippen LogP contribution >= 0.6 is 0 Å². The third-order valence-electron chi connectivity index (χ3n) is 15.2. The van der Waals surface area contributed by atoms with Crippen LogP contribution in [0.15, 0.2) is 182 Å². The van der Waals surface area contributed by atoms with E-state index in [-0.39, 0.29) is 27.4 Å². The Bertz CT molecular complexity index is 4040. The van der Waals surface area contributed by atoms with Crippen LogP contribution < -0.4 is 0 Å². The molecule has 0 amide bonds. The number of rotatable bonds is 7. The lowest BCUT2D eigenvalue weighted by atomic mass is 9.83. The summed E-state index contributed by atoms with van der Waals surface area (Å²) in [7, 11) is 0. The molecule has 0 atom stereocenters. The number of phenolic OH excluding ortho intramolecular Hbond substituents is 1. The van der Waals surface area contributed by atoms with Crippen LogP contribution in [-0.4, -0.2) is 24.2 Å². The molecule has 0 aliphatic heterocycles. The summed E-state index contributed by atoms with van der Waals surface area (Å²) in [6.45, 7) is 27.1. The molecular weight excluding hydrogens is 932 g/mol. The fraction of sp³-hybridized carbons (Fsp3) is 0.229. The number of aromatic hydroxyl groups is 1. The van der Waals surface area contributed by atoms with E-state index < -0.39 is 5.82 Å². The molecule has 380 valence electrons. The molecule has 11 rings (SSSR count). The van der Waals surface area contributed by atoms with Crippen molar-refractivity contribution in [1.82, 2.24) is 19.1 Å². The summed E-state index contributed by atoms with van der Waals surface area (Å²) >= 11 is 0. The molecular formula is C70H67FN4O. The largest absolute Gasteiger partial charge is 0.507 e. The van der Waals surface area contributed by atoms with E-state index in [1.165, 1.54) is 51.2 Å². The summed E-state index contributed by atoms with van der Waals surface area (Å²) in [4.78, 5) is 10.6. The summed E-state index contributed by atoms with van der Waals surface area (Å²) < 4.78 is 19.9. The summed E-state index contributed by atoms with van der Waals surface area (Å²) in [6, 6.07) is 61.0. The van der Waals surface area contributed by atoms with Crippen LogP contribution in [-0.2, 0) is 21.7 Å². The molecule has 0 bridgehead atoms. The first-order valence-corrected chi connectivity index (χ1v) is 26.5. The Labute approximate surface area is 447 Å². The second kappa shape index (κ2) is 18.3. The van der Waals surface area contributed by atoms with Crippen molar-refractivity contribution in [2.24, 2.45) is 0 Å². The zero-order valence-electron chi connectivity index (χ0n) is 45.9. The van der Waals surface area contributed by atoms with Crippen LogP contribution in [0, 0.1) is 5.82 Å². The number of hydrogen-bond donors (Lipinski definition) is 1. The minimum atomic E-state index is -0.461. The zero-order valence-corrected chi connectivity index (χ0v) is 45.9. The van der Waals surface area contributed by atoms with Crippen molar-refractivity contribution in [2.75, 3.05) is 0 Å². The maximum atomic E-state index is 15.4. The fourth-order valence-electron chi connectivity index (χ4n) is 10.7. The first kappa shape index (κ1) is 50.1. The molecule has 0 aliphatic rings. The summed E-state index contributed by atoms with van der Waals surface area (Å²) in [6.07, 6.45) is 1.95. The van der Waals surface area contributed by atoms with Gasteiger partial charge in [0.2, 0.25) is 0 Å². The Morgan fingerprint density at radius 3 is 1.74 bits per heavy atom. The monoisotopic (exact) mass is 999 g/mol. The van der Waals surface area contributed by atoms with Crippen molar-refractivity contribution >= 4 is 32.8 Å². The molecule has 0 fully saturated rings. The Morgan fingerprint density at radius 2 is 1.04 bits per heavy atom. The van der Waals surface area contributed by atoms with Crippen molar-refractivity contribution in [3.8, 4) is 73.2 Å². The van der Waals surface area contributed by atoms with Gasteiger partial charge in [0.1, 0.15) is 17.4 Å².